The second-order valence-electron chi connectivity index (χ2n) is 3.43. The van der Waals surface area contributed by atoms with Crippen molar-refractivity contribution in [2.75, 3.05) is 7.11 Å². The van der Waals surface area contributed by atoms with E-state index in [0.717, 1.165) is 11.4 Å². The molecule has 2 N–H and O–H groups in total. The number of carbonyl (C=O) groups excluding carboxylic acids is 1. The minimum Gasteiger partial charge on any atom is -0.468 e. The van der Waals surface area contributed by atoms with E-state index in [-0.39, 0.29) is 24.4 Å². The number of aromatic amines is 1. The van der Waals surface area contributed by atoms with E-state index in [1.807, 2.05) is 6.92 Å². The molecule has 6 heteroatoms. The summed E-state index contributed by atoms with van der Waals surface area (Å²) < 4.78 is 4.67. The lowest BCUT2D eigenvalue weighted by Crippen LogP contribution is -2.42. The Morgan fingerprint density at radius 1 is 1.60 bits per heavy atom. The number of fused-ring (bicyclic) bond motifs is 1. The zero-order valence-corrected chi connectivity index (χ0v) is 9.48. The monoisotopic (exact) mass is 231 g/mol. The standard InChI is InChI=1S/C9H13N3O2.ClH/c1-5-6-4-10-8(9(13)14-2)3-7(6)12-11-5;/h8,10H,3-4H2,1-2H3,(H,11,12);1H. The highest BCUT2D eigenvalue weighted by Crippen LogP contribution is 2.17. The summed E-state index contributed by atoms with van der Waals surface area (Å²) in [5.74, 6) is -0.226. The Bertz CT molecular complexity index is 364. The molecular formula is C9H14ClN3O2. The van der Waals surface area contributed by atoms with Gasteiger partial charge in [0.1, 0.15) is 6.04 Å². The molecule has 0 bridgehead atoms. The van der Waals surface area contributed by atoms with Crippen molar-refractivity contribution in [3.8, 4) is 0 Å². The predicted octanol–water partition coefficient (Wildman–Crippen LogP) is 0.327. The van der Waals surface area contributed by atoms with E-state index in [9.17, 15) is 4.79 Å². The van der Waals surface area contributed by atoms with Crippen LogP contribution < -0.4 is 5.32 Å². The van der Waals surface area contributed by atoms with Gasteiger partial charge in [0, 0.05) is 24.2 Å². The largest absolute Gasteiger partial charge is 0.468 e. The van der Waals surface area contributed by atoms with E-state index in [4.69, 9.17) is 0 Å². The van der Waals surface area contributed by atoms with Crippen LogP contribution in [0, 0.1) is 6.92 Å². The molecule has 1 unspecified atom stereocenters. The van der Waals surface area contributed by atoms with Crippen molar-refractivity contribution in [1.29, 1.82) is 0 Å². The van der Waals surface area contributed by atoms with Crippen LogP contribution in [0.4, 0.5) is 0 Å². The van der Waals surface area contributed by atoms with Gasteiger partial charge >= 0.3 is 5.97 Å². The Hall–Kier alpha value is -1.07. The van der Waals surface area contributed by atoms with Crippen molar-refractivity contribution in [1.82, 2.24) is 15.5 Å². The van der Waals surface area contributed by atoms with Crippen LogP contribution in [0.15, 0.2) is 0 Å². The lowest BCUT2D eigenvalue weighted by molar-refractivity contribution is -0.143. The fourth-order valence-corrected chi connectivity index (χ4v) is 1.71. The molecule has 1 aromatic rings. The Labute approximate surface area is 94.0 Å². The predicted molar refractivity (Wildman–Crippen MR) is 56.9 cm³/mol. The maximum Gasteiger partial charge on any atom is 0.323 e. The van der Waals surface area contributed by atoms with Gasteiger partial charge in [0.2, 0.25) is 0 Å². The molecule has 1 atom stereocenters. The van der Waals surface area contributed by atoms with E-state index in [2.05, 4.69) is 20.3 Å². The number of rotatable bonds is 1. The van der Waals surface area contributed by atoms with E-state index in [1.54, 1.807) is 0 Å². The van der Waals surface area contributed by atoms with Gasteiger partial charge in [-0.25, -0.2) is 0 Å². The summed E-state index contributed by atoms with van der Waals surface area (Å²) >= 11 is 0. The lowest BCUT2D eigenvalue weighted by atomic mass is 10.0. The molecule has 0 saturated heterocycles. The smallest absolute Gasteiger partial charge is 0.323 e. The number of nitrogens with zero attached hydrogens (tertiary/aromatic N) is 1. The summed E-state index contributed by atoms with van der Waals surface area (Å²) in [5.41, 5.74) is 3.21. The van der Waals surface area contributed by atoms with Gasteiger partial charge in [-0.2, -0.15) is 5.10 Å². The summed E-state index contributed by atoms with van der Waals surface area (Å²) in [4.78, 5) is 11.3. The first kappa shape index (κ1) is 12.0. The number of carbonyl (C=O) groups is 1. The van der Waals surface area contributed by atoms with Crippen LogP contribution in [0.5, 0.6) is 0 Å². The van der Waals surface area contributed by atoms with Gasteiger partial charge in [-0.3, -0.25) is 15.2 Å². The SMILES string of the molecule is COC(=O)C1Cc2n[nH]c(C)c2CN1.Cl. The number of hydrogen-bond donors (Lipinski definition) is 2. The molecule has 2 rings (SSSR count). The number of halogens is 1. The average Bonchev–Trinajstić information content (AvgIpc) is 2.59. The van der Waals surface area contributed by atoms with E-state index < -0.39 is 0 Å². The highest BCUT2D eigenvalue weighted by Gasteiger charge is 2.27. The normalized spacial score (nSPS) is 18.9. The number of H-pyrrole nitrogens is 1. The third-order valence-corrected chi connectivity index (χ3v) is 2.57. The molecule has 5 nitrogen and oxygen atoms in total. The Morgan fingerprint density at radius 3 is 3.00 bits per heavy atom. The second-order valence-corrected chi connectivity index (χ2v) is 3.43. The van der Waals surface area contributed by atoms with Crippen molar-refractivity contribution >= 4 is 18.4 Å². The van der Waals surface area contributed by atoms with Gasteiger partial charge in [0.15, 0.2) is 0 Å². The summed E-state index contributed by atoms with van der Waals surface area (Å²) in [7, 11) is 1.40. The Morgan fingerprint density at radius 2 is 2.33 bits per heavy atom. The number of hydrogen-bond acceptors (Lipinski definition) is 4. The van der Waals surface area contributed by atoms with E-state index in [0.29, 0.717) is 13.0 Å². The van der Waals surface area contributed by atoms with Crippen molar-refractivity contribution in [3.63, 3.8) is 0 Å². The first-order valence-electron chi connectivity index (χ1n) is 4.56. The topological polar surface area (TPSA) is 67.0 Å². The summed E-state index contributed by atoms with van der Waals surface area (Å²) in [6.45, 7) is 2.66. The number of aryl methyl sites for hydroxylation is 1. The third kappa shape index (κ3) is 2.13. The molecular weight excluding hydrogens is 218 g/mol. The highest BCUT2D eigenvalue weighted by molar-refractivity contribution is 5.85. The molecule has 1 aliphatic rings. The van der Waals surface area contributed by atoms with Crippen LogP contribution in [-0.2, 0) is 22.5 Å². The molecule has 0 spiro atoms. The maximum atomic E-state index is 11.3. The number of esters is 1. The van der Waals surface area contributed by atoms with Crippen LogP contribution >= 0.6 is 12.4 Å². The molecule has 0 fully saturated rings. The fourth-order valence-electron chi connectivity index (χ4n) is 1.71. The van der Waals surface area contributed by atoms with Crippen LogP contribution in [0.1, 0.15) is 17.0 Å². The van der Waals surface area contributed by atoms with Crippen LogP contribution in [0.25, 0.3) is 0 Å². The van der Waals surface area contributed by atoms with Crippen molar-refractivity contribution in [3.05, 3.63) is 17.0 Å². The summed E-state index contributed by atoms with van der Waals surface area (Å²) in [6.07, 6.45) is 0.604. The molecule has 0 aliphatic carbocycles. The maximum absolute atomic E-state index is 11.3. The molecule has 0 saturated carbocycles. The summed E-state index contributed by atoms with van der Waals surface area (Å²) in [5, 5.41) is 10.2. The quantitative estimate of drug-likeness (QED) is 0.684. The molecule has 1 aliphatic heterocycles. The minimum absolute atomic E-state index is 0. The van der Waals surface area contributed by atoms with E-state index in [1.165, 1.54) is 12.7 Å². The summed E-state index contributed by atoms with van der Waals surface area (Å²) in [6, 6.07) is -0.254. The van der Waals surface area contributed by atoms with Gasteiger partial charge in [-0.05, 0) is 6.92 Å². The van der Waals surface area contributed by atoms with E-state index >= 15 is 0 Å². The van der Waals surface area contributed by atoms with Gasteiger partial charge in [0.05, 0.1) is 12.8 Å². The first-order valence-corrected chi connectivity index (χ1v) is 4.56. The molecule has 2 heterocycles. The molecule has 0 amide bonds. The van der Waals surface area contributed by atoms with Gasteiger partial charge in [-0.15, -0.1) is 12.4 Å². The third-order valence-electron chi connectivity index (χ3n) is 2.57. The van der Waals surface area contributed by atoms with Gasteiger partial charge in [0.25, 0.3) is 0 Å². The highest BCUT2D eigenvalue weighted by atomic mass is 35.5. The average molecular weight is 232 g/mol. The number of methoxy groups -OCH3 is 1. The lowest BCUT2D eigenvalue weighted by Gasteiger charge is -2.20. The molecule has 0 radical (unpaired) electrons. The molecule has 0 aromatic carbocycles. The molecule has 1 aromatic heterocycles. The second kappa shape index (κ2) is 4.63. The van der Waals surface area contributed by atoms with Crippen LogP contribution in [0.2, 0.25) is 0 Å². The van der Waals surface area contributed by atoms with Gasteiger partial charge in [-0.1, -0.05) is 0 Å². The Kier molecular flexibility index (Phi) is 3.71. The molecule has 84 valence electrons. The van der Waals surface area contributed by atoms with Crippen LogP contribution in [0.3, 0.4) is 0 Å². The fraction of sp³-hybridized carbons (Fsp3) is 0.556. The number of ether oxygens (including phenoxy) is 1. The zero-order chi connectivity index (χ0) is 10.1. The van der Waals surface area contributed by atoms with Crippen molar-refractivity contribution in [2.24, 2.45) is 0 Å². The van der Waals surface area contributed by atoms with Crippen molar-refractivity contribution < 1.29 is 9.53 Å². The number of nitrogens with one attached hydrogen (secondary N) is 2. The number of aromatic nitrogens is 2. The Balaban J connectivity index is 0.00000112. The minimum atomic E-state index is -0.254. The first-order chi connectivity index (χ1) is 6.72. The van der Waals surface area contributed by atoms with Crippen molar-refractivity contribution in [2.45, 2.75) is 25.9 Å². The van der Waals surface area contributed by atoms with Gasteiger partial charge < -0.3 is 4.74 Å². The van der Waals surface area contributed by atoms with Crippen LogP contribution in [-0.4, -0.2) is 29.3 Å². The zero-order valence-electron chi connectivity index (χ0n) is 8.66. The molecule has 15 heavy (non-hydrogen) atoms.